The van der Waals surface area contributed by atoms with E-state index >= 15 is 0 Å². The molecule has 8 heteroatoms. The van der Waals surface area contributed by atoms with Gasteiger partial charge in [-0.15, -0.1) is 13.2 Å². The van der Waals surface area contributed by atoms with Crippen LogP contribution in [0, 0.1) is 5.82 Å². The average molecular weight is 340 g/mol. The summed E-state index contributed by atoms with van der Waals surface area (Å²) in [4.78, 5) is 0. The third-order valence-corrected chi connectivity index (χ3v) is 2.79. The van der Waals surface area contributed by atoms with Crippen molar-refractivity contribution in [1.29, 1.82) is 0 Å². The normalized spacial score (nSPS) is 12.0. The van der Waals surface area contributed by atoms with Gasteiger partial charge in [0.15, 0.2) is 0 Å². The fourth-order valence-electron chi connectivity index (χ4n) is 1.69. The molecular formula is C16H12F4N2O2. The number of hydrogen-bond donors (Lipinski definition) is 0. The highest BCUT2D eigenvalue weighted by Crippen LogP contribution is 2.22. The van der Waals surface area contributed by atoms with Crippen LogP contribution in [0.5, 0.6) is 11.5 Å². The number of nitrogens with zero attached hydrogens (tertiary/aromatic N) is 2. The maximum atomic E-state index is 13.6. The highest BCUT2D eigenvalue weighted by Gasteiger charge is 2.30. The van der Waals surface area contributed by atoms with E-state index < -0.39 is 12.2 Å². The molecule has 0 bridgehead atoms. The fourth-order valence-corrected chi connectivity index (χ4v) is 1.69. The van der Waals surface area contributed by atoms with Gasteiger partial charge in [-0.1, -0.05) is 0 Å². The molecule has 0 saturated carbocycles. The minimum atomic E-state index is -4.73. The Morgan fingerprint density at radius 2 is 1.54 bits per heavy atom. The molecule has 0 aliphatic heterocycles. The van der Waals surface area contributed by atoms with Crippen LogP contribution in [0.15, 0.2) is 52.7 Å². The summed E-state index contributed by atoms with van der Waals surface area (Å²) in [5, 5.41) is 7.40. The fraction of sp³-hybridized carbons (Fsp3) is 0.125. The zero-order valence-corrected chi connectivity index (χ0v) is 12.4. The van der Waals surface area contributed by atoms with E-state index in [-0.39, 0.29) is 11.3 Å². The van der Waals surface area contributed by atoms with Gasteiger partial charge in [-0.3, -0.25) is 0 Å². The van der Waals surface area contributed by atoms with E-state index in [1.165, 1.54) is 43.8 Å². The van der Waals surface area contributed by atoms with Crippen molar-refractivity contribution in [3.8, 4) is 11.5 Å². The van der Waals surface area contributed by atoms with Crippen LogP contribution in [-0.2, 0) is 0 Å². The van der Waals surface area contributed by atoms with Crippen molar-refractivity contribution in [3.05, 3.63) is 59.4 Å². The Hall–Kier alpha value is -2.90. The van der Waals surface area contributed by atoms with Gasteiger partial charge in [-0.25, -0.2) is 4.39 Å². The van der Waals surface area contributed by atoms with Crippen LogP contribution in [0.2, 0.25) is 0 Å². The molecule has 2 aromatic carbocycles. The lowest BCUT2D eigenvalue weighted by Crippen LogP contribution is -2.16. The van der Waals surface area contributed by atoms with E-state index in [0.29, 0.717) is 11.3 Å². The average Bonchev–Trinajstić information content (AvgIpc) is 2.52. The summed E-state index contributed by atoms with van der Waals surface area (Å²) in [7, 11) is 1.43. The van der Waals surface area contributed by atoms with Crippen molar-refractivity contribution in [1.82, 2.24) is 0 Å². The van der Waals surface area contributed by atoms with E-state index in [2.05, 4.69) is 14.9 Å². The Bertz CT molecular complexity index is 741. The van der Waals surface area contributed by atoms with E-state index in [0.717, 1.165) is 12.1 Å². The van der Waals surface area contributed by atoms with E-state index in [1.807, 2.05) is 0 Å². The first-order chi connectivity index (χ1) is 11.4. The molecule has 0 heterocycles. The summed E-state index contributed by atoms with van der Waals surface area (Å²) in [5.74, 6) is -0.459. The Morgan fingerprint density at radius 3 is 2.12 bits per heavy atom. The molecule has 4 nitrogen and oxygen atoms in total. The van der Waals surface area contributed by atoms with Gasteiger partial charge in [0.05, 0.1) is 19.5 Å². The first kappa shape index (κ1) is 17.5. The summed E-state index contributed by atoms with van der Waals surface area (Å²) in [6.45, 7) is 0. The van der Waals surface area contributed by atoms with Crippen LogP contribution in [0.3, 0.4) is 0 Å². The van der Waals surface area contributed by atoms with Gasteiger partial charge in [0.2, 0.25) is 0 Å². The maximum Gasteiger partial charge on any atom is 0.573 e. The van der Waals surface area contributed by atoms with Crippen molar-refractivity contribution in [3.63, 3.8) is 0 Å². The third-order valence-electron chi connectivity index (χ3n) is 2.79. The molecular weight excluding hydrogens is 328 g/mol. The van der Waals surface area contributed by atoms with Crippen molar-refractivity contribution in [2.75, 3.05) is 7.11 Å². The molecule has 2 rings (SSSR count). The minimum Gasteiger partial charge on any atom is -0.497 e. The van der Waals surface area contributed by atoms with Crippen LogP contribution >= 0.6 is 0 Å². The van der Waals surface area contributed by atoms with Crippen LogP contribution in [0.4, 0.5) is 17.6 Å². The number of rotatable bonds is 5. The Labute approximate surface area is 135 Å². The number of alkyl halides is 3. The molecule has 0 spiro atoms. The molecule has 0 amide bonds. The van der Waals surface area contributed by atoms with Gasteiger partial charge in [-0.2, -0.15) is 10.2 Å². The second-order valence-corrected chi connectivity index (χ2v) is 4.49. The summed E-state index contributed by atoms with van der Waals surface area (Å²) in [5.41, 5.74) is 0.735. The number of benzene rings is 2. The van der Waals surface area contributed by atoms with E-state index in [4.69, 9.17) is 4.74 Å². The summed E-state index contributed by atoms with van der Waals surface area (Å²) >= 11 is 0. The predicted octanol–water partition coefficient (Wildman–Crippen LogP) is 4.19. The molecule has 126 valence electrons. The standard InChI is InChI=1S/C16H12F4N2O2/c1-23-14-7-4-12(15(17)8-14)10-22-21-9-11-2-5-13(6-3-11)24-16(18,19)20/h2-10H,1H3/b21-9-,22-10+. The van der Waals surface area contributed by atoms with Crippen LogP contribution in [-0.4, -0.2) is 25.9 Å². The topological polar surface area (TPSA) is 43.2 Å². The lowest BCUT2D eigenvalue weighted by molar-refractivity contribution is -0.274. The molecule has 0 saturated heterocycles. The largest absolute Gasteiger partial charge is 0.573 e. The van der Waals surface area contributed by atoms with Gasteiger partial charge in [0.1, 0.15) is 17.3 Å². The summed E-state index contributed by atoms with van der Waals surface area (Å²) in [6.07, 6.45) is -2.20. The molecule has 0 N–H and O–H groups in total. The summed E-state index contributed by atoms with van der Waals surface area (Å²) < 4.78 is 58.3. The molecule has 0 aliphatic rings. The van der Waals surface area contributed by atoms with Crippen LogP contribution in [0.1, 0.15) is 11.1 Å². The maximum absolute atomic E-state index is 13.6. The van der Waals surface area contributed by atoms with E-state index in [1.54, 1.807) is 6.07 Å². The Balaban J connectivity index is 1.98. The highest BCUT2D eigenvalue weighted by atomic mass is 19.4. The van der Waals surface area contributed by atoms with Crippen molar-refractivity contribution >= 4 is 12.4 Å². The van der Waals surface area contributed by atoms with Crippen molar-refractivity contribution < 1.29 is 27.0 Å². The number of hydrogen-bond acceptors (Lipinski definition) is 4. The van der Waals surface area contributed by atoms with Gasteiger partial charge in [-0.05, 0) is 42.0 Å². The lowest BCUT2D eigenvalue weighted by atomic mass is 10.2. The second kappa shape index (κ2) is 7.58. The molecule has 0 aromatic heterocycles. The second-order valence-electron chi connectivity index (χ2n) is 4.49. The van der Waals surface area contributed by atoms with Crippen LogP contribution in [0.25, 0.3) is 0 Å². The smallest absolute Gasteiger partial charge is 0.497 e. The zero-order valence-electron chi connectivity index (χ0n) is 12.4. The van der Waals surface area contributed by atoms with Gasteiger partial charge in [0.25, 0.3) is 0 Å². The monoisotopic (exact) mass is 340 g/mol. The summed E-state index contributed by atoms with van der Waals surface area (Å²) in [6, 6.07) is 9.35. The lowest BCUT2D eigenvalue weighted by Gasteiger charge is -2.08. The third kappa shape index (κ3) is 5.38. The molecule has 0 unspecified atom stereocenters. The highest BCUT2D eigenvalue weighted by molar-refractivity contribution is 5.83. The molecule has 0 radical (unpaired) electrons. The zero-order chi connectivity index (χ0) is 17.6. The first-order valence-corrected chi connectivity index (χ1v) is 6.63. The first-order valence-electron chi connectivity index (χ1n) is 6.63. The molecule has 24 heavy (non-hydrogen) atoms. The number of methoxy groups -OCH3 is 1. The molecule has 0 atom stereocenters. The molecule has 0 fully saturated rings. The Morgan fingerprint density at radius 1 is 0.917 bits per heavy atom. The minimum absolute atomic E-state index is 0.224. The quantitative estimate of drug-likeness (QED) is 0.465. The van der Waals surface area contributed by atoms with Gasteiger partial charge in [0, 0.05) is 11.6 Å². The molecule has 2 aromatic rings. The van der Waals surface area contributed by atoms with Crippen molar-refractivity contribution in [2.24, 2.45) is 10.2 Å². The van der Waals surface area contributed by atoms with Gasteiger partial charge >= 0.3 is 6.36 Å². The number of halogens is 4. The molecule has 0 aliphatic carbocycles. The predicted molar refractivity (Wildman–Crippen MR) is 81.3 cm³/mol. The number of ether oxygens (including phenoxy) is 2. The van der Waals surface area contributed by atoms with E-state index in [9.17, 15) is 17.6 Å². The SMILES string of the molecule is COc1ccc(/C=N/N=C\c2ccc(OC(F)(F)F)cc2)c(F)c1. The van der Waals surface area contributed by atoms with Crippen LogP contribution < -0.4 is 9.47 Å². The van der Waals surface area contributed by atoms with Crippen molar-refractivity contribution in [2.45, 2.75) is 6.36 Å². The Kier molecular flexibility index (Phi) is 5.51. The van der Waals surface area contributed by atoms with Gasteiger partial charge < -0.3 is 9.47 Å².